The van der Waals surface area contributed by atoms with Crippen molar-refractivity contribution in [3.05, 3.63) is 53.1 Å². The van der Waals surface area contributed by atoms with E-state index in [2.05, 4.69) is 25.7 Å². The summed E-state index contributed by atoms with van der Waals surface area (Å²) in [6.07, 6.45) is 1.11. The van der Waals surface area contributed by atoms with Gasteiger partial charge < -0.3 is 14.6 Å². The number of tetrazole rings is 1. The van der Waals surface area contributed by atoms with E-state index in [-0.39, 0.29) is 6.54 Å². The molecular weight excluding hydrogens is 437 g/mol. The van der Waals surface area contributed by atoms with Crippen LogP contribution >= 0.6 is 11.6 Å². The monoisotopic (exact) mass is 457 g/mol. The van der Waals surface area contributed by atoms with Crippen LogP contribution in [-0.4, -0.2) is 41.5 Å². The van der Waals surface area contributed by atoms with Crippen LogP contribution in [0.4, 0.5) is 9.18 Å². The molecule has 1 aromatic carbocycles. The highest BCUT2D eigenvalue weighted by molar-refractivity contribution is 6.38. The van der Waals surface area contributed by atoms with Crippen molar-refractivity contribution in [2.24, 2.45) is 7.05 Å². The quantitative estimate of drug-likeness (QED) is 0.496. The summed E-state index contributed by atoms with van der Waals surface area (Å²) in [5, 5.41) is 15.7. The zero-order valence-corrected chi connectivity index (χ0v) is 18.7. The fourth-order valence-corrected chi connectivity index (χ4v) is 3.52. The van der Waals surface area contributed by atoms with Gasteiger partial charge in [0.2, 0.25) is 5.82 Å². The Bertz CT molecular complexity index is 1290. The SMILES string of the molecule is Cn1nnc(-c2c(Cl)c3cc(F)ccc3n2-c2ccc(CNC(=O)OC(C)(C)C)nc2)n1. The maximum atomic E-state index is 13.9. The smallest absolute Gasteiger partial charge is 0.407 e. The molecule has 0 aliphatic rings. The number of rotatable bonds is 4. The molecule has 1 amide bonds. The van der Waals surface area contributed by atoms with E-state index in [1.54, 1.807) is 50.7 Å². The molecule has 0 aliphatic carbocycles. The van der Waals surface area contributed by atoms with Gasteiger partial charge >= 0.3 is 6.09 Å². The fraction of sp³-hybridized carbons (Fsp3) is 0.286. The zero-order valence-electron chi connectivity index (χ0n) is 17.9. The number of carbonyl (C=O) groups is 1. The number of pyridine rings is 1. The first-order valence-corrected chi connectivity index (χ1v) is 10.2. The van der Waals surface area contributed by atoms with E-state index < -0.39 is 17.5 Å². The summed E-state index contributed by atoms with van der Waals surface area (Å²) in [5.41, 5.74) is 1.85. The lowest BCUT2D eigenvalue weighted by Crippen LogP contribution is -2.32. The number of ether oxygens (including phenoxy) is 1. The molecule has 32 heavy (non-hydrogen) atoms. The number of alkyl carbamates (subject to hydrolysis) is 1. The Labute approximate surface area is 188 Å². The minimum Gasteiger partial charge on any atom is -0.444 e. The Morgan fingerprint density at radius 1 is 1.25 bits per heavy atom. The molecule has 1 N–H and O–H groups in total. The number of hydrogen-bond acceptors (Lipinski definition) is 6. The summed E-state index contributed by atoms with van der Waals surface area (Å²) in [7, 11) is 1.64. The average molecular weight is 458 g/mol. The predicted octanol–water partition coefficient (Wildman–Crippen LogP) is 4.03. The molecule has 166 valence electrons. The number of benzene rings is 1. The summed E-state index contributed by atoms with van der Waals surface area (Å²) >= 11 is 6.61. The molecule has 3 heterocycles. The van der Waals surface area contributed by atoms with Gasteiger partial charge in [0.05, 0.1) is 41.7 Å². The van der Waals surface area contributed by atoms with Crippen LogP contribution in [0.15, 0.2) is 36.5 Å². The molecule has 0 bridgehead atoms. The molecule has 0 saturated carbocycles. The van der Waals surface area contributed by atoms with E-state index >= 15 is 0 Å². The van der Waals surface area contributed by atoms with Gasteiger partial charge in [-0.25, -0.2) is 9.18 Å². The largest absolute Gasteiger partial charge is 0.444 e. The van der Waals surface area contributed by atoms with E-state index in [1.165, 1.54) is 16.9 Å². The van der Waals surface area contributed by atoms with Crippen LogP contribution in [0.3, 0.4) is 0 Å². The molecule has 4 rings (SSSR count). The molecule has 11 heteroatoms. The molecule has 0 radical (unpaired) electrons. The molecule has 4 aromatic rings. The van der Waals surface area contributed by atoms with Crippen molar-refractivity contribution in [1.82, 2.24) is 35.1 Å². The lowest BCUT2D eigenvalue weighted by molar-refractivity contribution is 0.0523. The lowest BCUT2D eigenvalue weighted by atomic mass is 10.2. The maximum Gasteiger partial charge on any atom is 0.407 e. The van der Waals surface area contributed by atoms with Crippen LogP contribution in [-0.2, 0) is 18.3 Å². The topological polar surface area (TPSA) is 99.8 Å². The van der Waals surface area contributed by atoms with Crippen molar-refractivity contribution >= 4 is 28.6 Å². The average Bonchev–Trinajstić information content (AvgIpc) is 3.26. The highest BCUT2D eigenvalue weighted by Crippen LogP contribution is 2.38. The fourth-order valence-electron chi connectivity index (χ4n) is 3.20. The molecule has 0 saturated heterocycles. The maximum absolute atomic E-state index is 13.9. The molecule has 3 aromatic heterocycles. The van der Waals surface area contributed by atoms with E-state index in [1.807, 2.05) is 6.07 Å². The van der Waals surface area contributed by atoms with Crippen molar-refractivity contribution in [2.45, 2.75) is 32.9 Å². The van der Waals surface area contributed by atoms with Gasteiger partial charge in [-0.2, -0.15) is 4.80 Å². The minimum atomic E-state index is -0.583. The van der Waals surface area contributed by atoms with Gasteiger partial charge in [-0.3, -0.25) is 4.98 Å². The standard InChI is InChI=1S/C21H21ClFN7O2/c1-21(2,3)32-20(31)25-10-13-6-7-14(11-24-13)30-16-8-5-12(23)9-15(16)17(22)18(30)19-26-28-29(4)27-19/h5-9,11H,10H2,1-4H3,(H,25,31). The number of aromatic nitrogens is 6. The summed E-state index contributed by atoms with van der Waals surface area (Å²) in [4.78, 5) is 17.6. The minimum absolute atomic E-state index is 0.201. The van der Waals surface area contributed by atoms with E-state index in [9.17, 15) is 9.18 Å². The van der Waals surface area contributed by atoms with Gasteiger partial charge in [0.25, 0.3) is 0 Å². The van der Waals surface area contributed by atoms with E-state index in [4.69, 9.17) is 16.3 Å². The lowest BCUT2D eigenvalue weighted by Gasteiger charge is -2.19. The van der Waals surface area contributed by atoms with E-state index in [0.717, 1.165) is 0 Å². The predicted molar refractivity (Wildman–Crippen MR) is 117 cm³/mol. The molecule has 0 fully saturated rings. The molecule has 0 atom stereocenters. The Morgan fingerprint density at radius 3 is 2.66 bits per heavy atom. The third-order valence-electron chi connectivity index (χ3n) is 4.47. The second-order valence-corrected chi connectivity index (χ2v) is 8.50. The highest BCUT2D eigenvalue weighted by Gasteiger charge is 2.23. The van der Waals surface area contributed by atoms with Crippen LogP contribution in [0.2, 0.25) is 5.02 Å². The molecule has 0 unspecified atom stereocenters. The first kappa shape index (κ1) is 21.7. The number of amides is 1. The Hall–Kier alpha value is -3.53. The number of aryl methyl sites for hydroxylation is 1. The Kier molecular flexibility index (Phi) is 5.55. The van der Waals surface area contributed by atoms with Gasteiger partial charge in [-0.15, -0.1) is 10.2 Å². The molecule has 0 aliphatic heterocycles. The van der Waals surface area contributed by atoms with Crippen molar-refractivity contribution < 1.29 is 13.9 Å². The van der Waals surface area contributed by atoms with Gasteiger partial charge in [-0.1, -0.05) is 11.6 Å². The molecule has 0 spiro atoms. The number of halogens is 2. The second-order valence-electron chi connectivity index (χ2n) is 8.13. The Balaban J connectivity index is 1.70. The van der Waals surface area contributed by atoms with Crippen LogP contribution in [0.25, 0.3) is 28.1 Å². The number of hydrogen-bond donors (Lipinski definition) is 1. The van der Waals surface area contributed by atoms with Crippen LogP contribution in [0.5, 0.6) is 0 Å². The van der Waals surface area contributed by atoms with Gasteiger partial charge in [0.15, 0.2) is 0 Å². The number of nitrogens with one attached hydrogen (secondary N) is 1. The van der Waals surface area contributed by atoms with Gasteiger partial charge in [-0.05, 0) is 56.3 Å². The van der Waals surface area contributed by atoms with Crippen LogP contribution in [0, 0.1) is 5.82 Å². The first-order chi connectivity index (χ1) is 15.1. The van der Waals surface area contributed by atoms with Crippen LogP contribution < -0.4 is 5.32 Å². The van der Waals surface area contributed by atoms with Crippen molar-refractivity contribution in [2.75, 3.05) is 0 Å². The summed E-state index contributed by atoms with van der Waals surface area (Å²) in [6.45, 7) is 5.58. The van der Waals surface area contributed by atoms with Gasteiger partial charge in [0.1, 0.15) is 17.1 Å². The number of carbonyl (C=O) groups excluding carboxylic acids is 1. The normalized spacial score (nSPS) is 11.7. The summed E-state index contributed by atoms with van der Waals surface area (Å²) in [6, 6.07) is 7.94. The number of nitrogens with zero attached hydrogens (tertiary/aromatic N) is 6. The third kappa shape index (κ3) is 4.40. The second kappa shape index (κ2) is 8.19. The Morgan fingerprint density at radius 2 is 2.03 bits per heavy atom. The van der Waals surface area contributed by atoms with Crippen LogP contribution in [0.1, 0.15) is 26.5 Å². The summed E-state index contributed by atoms with van der Waals surface area (Å²) in [5.74, 6) is -0.110. The zero-order chi connectivity index (χ0) is 23.0. The molecule has 9 nitrogen and oxygen atoms in total. The van der Waals surface area contributed by atoms with Crippen molar-refractivity contribution in [1.29, 1.82) is 0 Å². The molecular formula is C21H21ClFN7O2. The third-order valence-corrected chi connectivity index (χ3v) is 4.85. The first-order valence-electron chi connectivity index (χ1n) is 9.78. The van der Waals surface area contributed by atoms with Gasteiger partial charge in [0, 0.05) is 5.39 Å². The van der Waals surface area contributed by atoms with Crippen molar-refractivity contribution in [3.63, 3.8) is 0 Å². The number of fused-ring (bicyclic) bond motifs is 1. The van der Waals surface area contributed by atoms with E-state index in [0.29, 0.717) is 38.8 Å². The highest BCUT2D eigenvalue weighted by atomic mass is 35.5. The van der Waals surface area contributed by atoms with Crippen molar-refractivity contribution in [3.8, 4) is 17.2 Å². The summed E-state index contributed by atoms with van der Waals surface area (Å²) < 4.78 is 20.9.